The summed E-state index contributed by atoms with van der Waals surface area (Å²) in [7, 11) is 0. The van der Waals surface area contributed by atoms with Crippen LogP contribution in [0.5, 0.6) is 5.75 Å². The molecule has 1 aliphatic heterocycles. The summed E-state index contributed by atoms with van der Waals surface area (Å²) in [4.78, 5) is 0. The van der Waals surface area contributed by atoms with Crippen LogP contribution in [0.3, 0.4) is 0 Å². The van der Waals surface area contributed by atoms with Crippen LogP contribution in [0.15, 0.2) is 40.9 Å². The molecule has 0 aliphatic carbocycles. The Morgan fingerprint density at radius 3 is 2.85 bits per heavy atom. The number of aliphatic hydroxyl groups is 1. The largest absolute Gasteiger partial charge is 0.486 e. The fraction of sp³-hybridized carbons (Fsp3) is 0.550. The lowest BCUT2D eigenvalue weighted by Crippen LogP contribution is -2.46. The molecular weight excluding hydrogens is 332 g/mol. The molecule has 142 valence electrons. The number of rotatable bonds is 8. The van der Waals surface area contributed by atoms with E-state index in [0.29, 0.717) is 31.4 Å². The van der Waals surface area contributed by atoms with E-state index >= 15 is 0 Å². The third-order valence-corrected chi connectivity index (χ3v) is 4.48. The smallest absolute Gasteiger partial charge is 0.174 e. The van der Waals surface area contributed by atoms with Crippen LogP contribution in [0.4, 0.5) is 0 Å². The van der Waals surface area contributed by atoms with Gasteiger partial charge in [-0.3, -0.25) is 0 Å². The van der Waals surface area contributed by atoms with Crippen LogP contribution in [-0.2, 0) is 17.8 Å². The average Bonchev–Trinajstić information content (AvgIpc) is 3.08. The summed E-state index contributed by atoms with van der Waals surface area (Å²) in [5, 5.41) is 17.6. The van der Waals surface area contributed by atoms with E-state index in [0.717, 1.165) is 24.3 Å². The van der Waals surface area contributed by atoms with Crippen LogP contribution in [0.25, 0.3) is 0 Å². The fourth-order valence-corrected chi connectivity index (χ4v) is 3.06. The maximum Gasteiger partial charge on any atom is 0.174 e. The SMILES string of the molecule is CC(C)NC[C@H]1O[C@H](Cc2cc(COc3ccccc3)on2)CC[C@@H]1O. The van der Waals surface area contributed by atoms with Gasteiger partial charge in [-0.05, 0) is 25.0 Å². The predicted octanol–water partition coefficient (Wildman–Crippen LogP) is 2.70. The molecule has 2 aromatic rings. The summed E-state index contributed by atoms with van der Waals surface area (Å²) >= 11 is 0. The minimum atomic E-state index is -0.412. The van der Waals surface area contributed by atoms with Gasteiger partial charge < -0.3 is 24.4 Å². The Morgan fingerprint density at radius 1 is 1.27 bits per heavy atom. The number of aromatic nitrogens is 1. The molecule has 1 aliphatic rings. The van der Waals surface area contributed by atoms with E-state index in [-0.39, 0.29) is 12.2 Å². The van der Waals surface area contributed by atoms with Crippen molar-refractivity contribution in [2.45, 2.75) is 64.1 Å². The first-order valence-electron chi connectivity index (χ1n) is 9.29. The summed E-state index contributed by atoms with van der Waals surface area (Å²) in [6.45, 7) is 5.18. The Morgan fingerprint density at radius 2 is 2.08 bits per heavy atom. The number of aliphatic hydroxyl groups excluding tert-OH is 1. The van der Waals surface area contributed by atoms with Crippen LogP contribution in [0, 0.1) is 0 Å². The van der Waals surface area contributed by atoms with E-state index < -0.39 is 6.10 Å². The number of nitrogens with zero attached hydrogens (tertiary/aromatic N) is 1. The zero-order valence-electron chi connectivity index (χ0n) is 15.4. The summed E-state index contributed by atoms with van der Waals surface area (Å²) in [6, 6.07) is 11.9. The standard InChI is InChI=1S/C20H28N2O4/c1-14(2)21-12-20-19(23)9-8-17(25-20)10-15-11-18(26-22-15)13-24-16-6-4-3-5-7-16/h3-7,11,14,17,19-21,23H,8-10,12-13H2,1-2H3/t17-,19-,20+/m0/s1. The fourth-order valence-electron chi connectivity index (χ4n) is 3.06. The van der Waals surface area contributed by atoms with Crippen molar-refractivity contribution in [1.82, 2.24) is 10.5 Å². The molecule has 0 spiro atoms. The Labute approximate surface area is 154 Å². The monoisotopic (exact) mass is 360 g/mol. The van der Waals surface area contributed by atoms with Gasteiger partial charge in [-0.25, -0.2) is 0 Å². The Kier molecular flexibility index (Phi) is 6.66. The maximum absolute atomic E-state index is 10.1. The van der Waals surface area contributed by atoms with Gasteiger partial charge in [0.25, 0.3) is 0 Å². The number of ether oxygens (including phenoxy) is 2. The molecule has 3 rings (SSSR count). The molecule has 0 bridgehead atoms. The quantitative estimate of drug-likeness (QED) is 0.754. The number of para-hydroxylation sites is 1. The topological polar surface area (TPSA) is 76.8 Å². The van der Waals surface area contributed by atoms with E-state index in [4.69, 9.17) is 14.0 Å². The highest BCUT2D eigenvalue weighted by Crippen LogP contribution is 2.23. The first-order chi connectivity index (χ1) is 12.6. The molecule has 2 heterocycles. The van der Waals surface area contributed by atoms with Gasteiger partial charge in [-0.1, -0.05) is 37.2 Å². The van der Waals surface area contributed by atoms with Gasteiger partial charge in [0.1, 0.15) is 12.4 Å². The molecule has 1 aromatic heterocycles. The molecule has 3 atom stereocenters. The molecule has 0 amide bonds. The second kappa shape index (κ2) is 9.16. The average molecular weight is 360 g/mol. The van der Waals surface area contributed by atoms with Crippen molar-refractivity contribution >= 4 is 0 Å². The number of benzene rings is 1. The number of hydrogen-bond donors (Lipinski definition) is 2. The third kappa shape index (κ3) is 5.56. The molecule has 0 unspecified atom stereocenters. The minimum Gasteiger partial charge on any atom is -0.486 e. The first kappa shape index (κ1) is 18.9. The molecule has 1 saturated heterocycles. The van der Waals surface area contributed by atoms with Crippen molar-refractivity contribution in [2.75, 3.05) is 6.54 Å². The van der Waals surface area contributed by atoms with Gasteiger partial charge in [0, 0.05) is 25.1 Å². The second-order valence-electron chi connectivity index (χ2n) is 7.09. The zero-order valence-corrected chi connectivity index (χ0v) is 15.4. The first-order valence-corrected chi connectivity index (χ1v) is 9.29. The van der Waals surface area contributed by atoms with Crippen LogP contribution in [-0.4, -0.2) is 41.2 Å². The van der Waals surface area contributed by atoms with Crippen LogP contribution in [0.2, 0.25) is 0 Å². The molecular formula is C20H28N2O4. The van der Waals surface area contributed by atoms with Crippen molar-refractivity contribution in [1.29, 1.82) is 0 Å². The highest BCUT2D eigenvalue weighted by atomic mass is 16.5. The summed E-state index contributed by atoms with van der Waals surface area (Å²) in [5.41, 5.74) is 0.855. The molecule has 2 N–H and O–H groups in total. The highest BCUT2D eigenvalue weighted by molar-refractivity contribution is 5.21. The summed E-state index contributed by atoms with van der Waals surface area (Å²) < 4.78 is 17.1. The summed E-state index contributed by atoms with van der Waals surface area (Å²) in [5.74, 6) is 1.49. The van der Waals surface area contributed by atoms with Gasteiger partial charge in [-0.2, -0.15) is 0 Å². The lowest BCUT2D eigenvalue weighted by molar-refractivity contribution is -0.115. The van der Waals surface area contributed by atoms with E-state index in [1.165, 1.54) is 0 Å². The highest BCUT2D eigenvalue weighted by Gasteiger charge is 2.30. The molecule has 6 nitrogen and oxygen atoms in total. The van der Waals surface area contributed by atoms with E-state index in [9.17, 15) is 5.11 Å². The van der Waals surface area contributed by atoms with Crippen molar-refractivity contribution in [3.8, 4) is 5.75 Å². The number of hydrogen-bond acceptors (Lipinski definition) is 6. The minimum absolute atomic E-state index is 0.0466. The second-order valence-corrected chi connectivity index (χ2v) is 7.09. The molecule has 6 heteroatoms. The summed E-state index contributed by atoms with van der Waals surface area (Å²) in [6.07, 6.45) is 1.71. The van der Waals surface area contributed by atoms with Crippen molar-refractivity contribution in [3.63, 3.8) is 0 Å². The number of nitrogens with one attached hydrogen (secondary N) is 1. The zero-order chi connectivity index (χ0) is 18.4. The molecule has 0 saturated carbocycles. The maximum atomic E-state index is 10.1. The normalized spacial score (nSPS) is 23.3. The van der Waals surface area contributed by atoms with Crippen LogP contribution >= 0.6 is 0 Å². The molecule has 1 fully saturated rings. The molecule has 26 heavy (non-hydrogen) atoms. The van der Waals surface area contributed by atoms with Crippen molar-refractivity contribution < 1.29 is 19.1 Å². The van der Waals surface area contributed by atoms with E-state index in [2.05, 4.69) is 24.3 Å². The van der Waals surface area contributed by atoms with Crippen molar-refractivity contribution in [3.05, 3.63) is 47.9 Å². The van der Waals surface area contributed by atoms with Crippen molar-refractivity contribution in [2.24, 2.45) is 0 Å². The lowest BCUT2D eigenvalue weighted by atomic mass is 9.98. The van der Waals surface area contributed by atoms with Gasteiger partial charge in [0.15, 0.2) is 5.76 Å². The van der Waals surface area contributed by atoms with Gasteiger partial charge in [0.05, 0.1) is 24.0 Å². The lowest BCUT2D eigenvalue weighted by Gasteiger charge is -2.34. The van der Waals surface area contributed by atoms with E-state index in [1.807, 2.05) is 36.4 Å². The Hall–Kier alpha value is -1.89. The molecule has 1 aromatic carbocycles. The van der Waals surface area contributed by atoms with Gasteiger partial charge >= 0.3 is 0 Å². The third-order valence-electron chi connectivity index (χ3n) is 4.48. The Balaban J connectivity index is 1.48. The predicted molar refractivity (Wildman–Crippen MR) is 98.0 cm³/mol. The molecule has 0 radical (unpaired) electrons. The van der Waals surface area contributed by atoms with Gasteiger partial charge in [-0.15, -0.1) is 0 Å². The van der Waals surface area contributed by atoms with Crippen LogP contribution < -0.4 is 10.1 Å². The van der Waals surface area contributed by atoms with Gasteiger partial charge in [0.2, 0.25) is 0 Å². The Bertz CT molecular complexity index is 659. The van der Waals surface area contributed by atoms with E-state index in [1.54, 1.807) is 0 Å². The van der Waals surface area contributed by atoms with Crippen LogP contribution in [0.1, 0.15) is 38.1 Å².